The van der Waals surface area contributed by atoms with E-state index in [9.17, 15) is 5.11 Å². The van der Waals surface area contributed by atoms with Crippen LogP contribution in [0.2, 0.25) is 0 Å². The van der Waals surface area contributed by atoms with Gasteiger partial charge >= 0.3 is 0 Å². The first-order valence-corrected chi connectivity index (χ1v) is 10.3. The van der Waals surface area contributed by atoms with E-state index in [0.717, 1.165) is 38.6 Å². The molecule has 1 atom stereocenters. The van der Waals surface area contributed by atoms with Crippen LogP contribution in [-0.4, -0.2) is 65.2 Å². The van der Waals surface area contributed by atoms with Crippen molar-refractivity contribution >= 4 is 5.96 Å². The molecular formula is C22H36N4O. The zero-order chi connectivity index (χ0) is 19.7. The molecule has 2 N–H and O–H groups in total. The van der Waals surface area contributed by atoms with Crippen molar-refractivity contribution in [3.8, 4) is 0 Å². The molecule has 1 fully saturated rings. The average Bonchev–Trinajstić information content (AvgIpc) is 2.63. The lowest BCUT2D eigenvalue weighted by atomic mass is 9.65. The monoisotopic (exact) mass is 372 g/mol. The van der Waals surface area contributed by atoms with Crippen LogP contribution in [0.15, 0.2) is 29.3 Å². The normalized spacial score (nSPS) is 22.7. The van der Waals surface area contributed by atoms with Crippen LogP contribution in [0.1, 0.15) is 45.7 Å². The van der Waals surface area contributed by atoms with Gasteiger partial charge in [-0.15, -0.1) is 0 Å². The number of benzene rings is 1. The number of guanidine groups is 1. The topological polar surface area (TPSA) is 51.1 Å². The molecule has 0 saturated carbocycles. The van der Waals surface area contributed by atoms with Crippen molar-refractivity contribution in [2.24, 2.45) is 10.4 Å². The number of aliphatic imine (C=N–C) groups is 1. The van der Waals surface area contributed by atoms with Crippen molar-refractivity contribution in [2.75, 3.05) is 32.7 Å². The molecule has 5 nitrogen and oxygen atoms in total. The molecule has 5 heteroatoms. The number of nitrogens with zero attached hydrogens (tertiary/aromatic N) is 3. The highest BCUT2D eigenvalue weighted by Crippen LogP contribution is 2.46. The van der Waals surface area contributed by atoms with Crippen molar-refractivity contribution in [3.05, 3.63) is 35.4 Å². The van der Waals surface area contributed by atoms with Gasteiger partial charge in [0.05, 0.1) is 12.6 Å². The maximum Gasteiger partial charge on any atom is 0.194 e. The Labute approximate surface area is 164 Å². The lowest BCUT2D eigenvalue weighted by Crippen LogP contribution is -2.72. The van der Waals surface area contributed by atoms with Crippen molar-refractivity contribution in [1.82, 2.24) is 15.1 Å². The number of hydrogen-bond acceptors (Lipinski definition) is 3. The summed E-state index contributed by atoms with van der Waals surface area (Å²) in [6, 6.07) is 8.62. The summed E-state index contributed by atoms with van der Waals surface area (Å²) in [5.74, 6) is 0.921. The lowest BCUT2D eigenvalue weighted by Gasteiger charge is -2.62. The minimum atomic E-state index is -0.443. The van der Waals surface area contributed by atoms with Crippen LogP contribution in [0.25, 0.3) is 0 Å². The van der Waals surface area contributed by atoms with Crippen LogP contribution in [0.4, 0.5) is 0 Å². The van der Waals surface area contributed by atoms with Gasteiger partial charge < -0.3 is 15.3 Å². The lowest BCUT2D eigenvalue weighted by molar-refractivity contribution is -0.0669. The predicted octanol–water partition coefficient (Wildman–Crippen LogP) is 2.49. The van der Waals surface area contributed by atoms with Crippen LogP contribution in [0.5, 0.6) is 0 Å². The summed E-state index contributed by atoms with van der Waals surface area (Å²) in [4.78, 5) is 9.43. The third kappa shape index (κ3) is 4.14. The van der Waals surface area contributed by atoms with E-state index in [0.29, 0.717) is 13.1 Å². The fourth-order valence-electron chi connectivity index (χ4n) is 4.05. The first kappa shape index (κ1) is 20.2. The van der Waals surface area contributed by atoms with Crippen molar-refractivity contribution in [2.45, 2.75) is 59.2 Å². The third-order valence-corrected chi connectivity index (χ3v) is 6.61. The molecule has 1 saturated heterocycles. The summed E-state index contributed by atoms with van der Waals surface area (Å²) in [6.07, 6.45) is 0.618. The van der Waals surface area contributed by atoms with Crippen molar-refractivity contribution in [1.29, 1.82) is 0 Å². The number of rotatable bonds is 5. The Morgan fingerprint density at radius 1 is 1.22 bits per heavy atom. The Morgan fingerprint density at radius 3 is 2.56 bits per heavy atom. The van der Waals surface area contributed by atoms with E-state index < -0.39 is 6.10 Å². The quantitative estimate of drug-likeness (QED) is 0.616. The number of likely N-dealkylation sites (tertiary alicyclic amines) is 1. The van der Waals surface area contributed by atoms with Gasteiger partial charge in [-0.1, -0.05) is 38.1 Å². The zero-order valence-electron chi connectivity index (χ0n) is 17.6. The Kier molecular flexibility index (Phi) is 5.82. The van der Waals surface area contributed by atoms with E-state index >= 15 is 0 Å². The van der Waals surface area contributed by atoms with Gasteiger partial charge in [-0.05, 0) is 38.3 Å². The number of aliphatic hydroxyl groups excluding tert-OH is 1. The molecule has 1 unspecified atom stereocenters. The molecular weight excluding hydrogens is 336 g/mol. The molecule has 1 aromatic carbocycles. The first-order valence-electron chi connectivity index (χ1n) is 10.3. The SMILES string of the molecule is CCNC(=NCC(O)CN1CCc2ccccc2C1)N1CC(C)(C)C1(C)C. The van der Waals surface area contributed by atoms with Crippen molar-refractivity contribution in [3.63, 3.8) is 0 Å². The highest BCUT2D eigenvalue weighted by molar-refractivity contribution is 5.82. The summed E-state index contributed by atoms with van der Waals surface area (Å²) >= 11 is 0. The third-order valence-electron chi connectivity index (χ3n) is 6.61. The number of fused-ring (bicyclic) bond motifs is 1. The predicted molar refractivity (Wildman–Crippen MR) is 112 cm³/mol. The fourth-order valence-corrected chi connectivity index (χ4v) is 4.05. The molecule has 150 valence electrons. The molecule has 0 spiro atoms. The fraction of sp³-hybridized carbons (Fsp3) is 0.682. The summed E-state index contributed by atoms with van der Waals surface area (Å²) in [5, 5.41) is 14.0. The first-order chi connectivity index (χ1) is 12.7. The minimum absolute atomic E-state index is 0.0650. The summed E-state index contributed by atoms with van der Waals surface area (Å²) in [7, 11) is 0. The smallest absolute Gasteiger partial charge is 0.194 e. The Bertz CT molecular complexity index is 683. The number of hydrogen-bond donors (Lipinski definition) is 2. The van der Waals surface area contributed by atoms with E-state index in [1.165, 1.54) is 11.1 Å². The van der Waals surface area contributed by atoms with Gasteiger partial charge in [0.1, 0.15) is 0 Å². The van der Waals surface area contributed by atoms with Gasteiger partial charge in [0, 0.05) is 43.7 Å². The van der Waals surface area contributed by atoms with Crippen LogP contribution < -0.4 is 5.32 Å². The Balaban J connectivity index is 1.57. The summed E-state index contributed by atoms with van der Waals surface area (Å²) < 4.78 is 0. The largest absolute Gasteiger partial charge is 0.390 e. The van der Waals surface area contributed by atoms with Gasteiger partial charge in [-0.25, -0.2) is 0 Å². The van der Waals surface area contributed by atoms with Gasteiger partial charge in [0.15, 0.2) is 5.96 Å². The standard InChI is InChI=1S/C22H36N4O/c1-6-23-20(26-16-21(2,3)22(26,4)5)24-13-19(27)15-25-12-11-17-9-7-8-10-18(17)14-25/h7-10,19,27H,6,11-16H2,1-5H3,(H,23,24). The maximum absolute atomic E-state index is 10.6. The molecule has 1 aromatic rings. The zero-order valence-corrected chi connectivity index (χ0v) is 17.6. The van der Waals surface area contributed by atoms with Gasteiger partial charge in [-0.2, -0.15) is 0 Å². The molecule has 3 rings (SSSR count). The van der Waals surface area contributed by atoms with Crippen LogP contribution in [0.3, 0.4) is 0 Å². The molecule has 2 aliphatic heterocycles. The molecule has 0 amide bonds. The molecule has 2 aliphatic rings. The van der Waals surface area contributed by atoms with E-state index in [2.05, 4.69) is 74.0 Å². The Morgan fingerprint density at radius 2 is 1.93 bits per heavy atom. The molecule has 27 heavy (non-hydrogen) atoms. The van der Waals surface area contributed by atoms with Crippen LogP contribution in [-0.2, 0) is 13.0 Å². The highest BCUT2D eigenvalue weighted by atomic mass is 16.3. The second-order valence-electron chi connectivity index (χ2n) is 9.13. The molecule has 2 heterocycles. The molecule has 0 aliphatic carbocycles. The van der Waals surface area contributed by atoms with Gasteiger partial charge in [-0.3, -0.25) is 9.89 Å². The number of β-amino-alcohol motifs (C(OH)–C–C–N with tert-alkyl or cyclic N) is 1. The van der Waals surface area contributed by atoms with E-state index in [1.54, 1.807) is 0 Å². The van der Waals surface area contributed by atoms with Crippen molar-refractivity contribution < 1.29 is 5.11 Å². The number of nitrogens with one attached hydrogen (secondary N) is 1. The Hall–Kier alpha value is -1.59. The summed E-state index contributed by atoms with van der Waals surface area (Å²) in [5.41, 5.74) is 3.16. The molecule has 0 bridgehead atoms. The van der Waals surface area contributed by atoms with Gasteiger partial charge in [0.2, 0.25) is 0 Å². The highest BCUT2D eigenvalue weighted by Gasteiger charge is 2.53. The minimum Gasteiger partial charge on any atom is -0.390 e. The van der Waals surface area contributed by atoms with Crippen LogP contribution in [0, 0.1) is 5.41 Å². The van der Waals surface area contributed by atoms with Crippen LogP contribution >= 0.6 is 0 Å². The molecule has 0 radical (unpaired) electrons. The van der Waals surface area contributed by atoms with Gasteiger partial charge in [0.25, 0.3) is 0 Å². The number of aliphatic hydroxyl groups is 1. The van der Waals surface area contributed by atoms with E-state index in [4.69, 9.17) is 4.99 Å². The van der Waals surface area contributed by atoms with E-state index in [1.807, 2.05) is 0 Å². The second-order valence-corrected chi connectivity index (χ2v) is 9.13. The summed E-state index contributed by atoms with van der Waals surface area (Å²) in [6.45, 7) is 16.1. The van der Waals surface area contributed by atoms with E-state index in [-0.39, 0.29) is 11.0 Å². The average molecular weight is 373 g/mol. The molecule has 0 aromatic heterocycles. The maximum atomic E-state index is 10.6. The second kappa shape index (κ2) is 7.80.